The second-order valence-electron chi connectivity index (χ2n) is 10.4. The van der Waals surface area contributed by atoms with E-state index in [1.54, 1.807) is 0 Å². The van der Waals surface area contributed by atoms with Crippen LogP contribution >= 0.6 is 0 Å². The average Bonchev–Trinajstić information content (AvgIpc) is 2.93. The minimum absolute atomic E-state index is 0.286. The average molecular weight is 610 g/mol. The molecule has 0 aliphatic carbocycles. The number of nitrogens with one attached hydrogen (secondary N) is 3. The summed E-state index contributed by atoms with van der Waals surface area (Å²) in [5.41, 5.74) is -1.93. The highest BCUT2D eigenvalue weighted by molar-refractivity contribution is 5.98. The lowest BCUT2D eigenvalue weighted by atomic mass is 9.91. The Balaban J connectivity index is 1.73. The lowest BCUT2D eigenvalue weighted by molar-refractivity contribution is -0.184. The molecule has 0 aromatic carbocycles. The molecular formula is C27H30F3N5O8. The molecule has 7 atom stereocenters. The van der Waals surface area contributed by atoms with Crippen LogP contribution in [0.15, 0.2) is 18.3 Å². The SMILES string of the molecule is Cc1nc(F)c(CC2NC(=O)C(NC(=O)c3ncccc3O)C(C)NC(=O)C(C3CCO3)OC(=O)C(C)C2O)c(F)c1F. The van der Waals surface area contributed by atoms with E-state index in [0.29, 0.717) is 6.42 Å². The Labute approximate surface area is 243 Å². The minimum atomic E-state index is -1.89. The number of aromatic nitrogens is 2. The highest BCUT2D eigenvalue weighted by Crippen LogP contribution is 2.24. The molecule has 2 aromatic rings. The Morgan fingerprint density at radius 3 is 2.47 bits per heavy atom. The molecule has 5 N–H and O–H groups in total. The Morgan fingerprint density at radius 2 is 1.84 bits per heavy atom. The highest BCUT2D eigenvalue weighted by atomic mass is 19.2. The van der Waals surface area contributed by atoms with Crippen LogP contribution in [-0.4, -0.2) is 86.9 Å². The maximum atomic E-state index is 14.8. The first-order chi connectivity index (χ1) is 20.3. The van der Waals surface area contributed by atoms with Crippen molar-refractivity contribution in [2.45, 2.75) is 70.1 Å². The normalized spacial score (nSPS) is 28.3. The van der Waals surface area contributed by atoms with Crippen LogP contribution in [0.2, 0.25) is 0 Å². The van der Waals surface area contributed by atoms with Gasteiger partial charge in [-0.15, -0.1) is 0 Å². The predicted octanol–water partition coefficient (Wildman–Crippen LogP) is -0.0502. The van der Waals surface area contributed by atoms with Gasteiger partial charge in [-0.05, 0) is 32.9 Å². The van der Waals surface area contributed by atoms with Crippen molar-refractivity contribution in [3.05, 3.63) is 52.9 Å². The monoisotopic (exact) mass is 609 g/mol. The van der Waals surface area contributed by atoms with Gasteiger partial charge in [-0.2, -0.15) is 4.39 Å². The van der Waals surface area contributed by atoms with Gasteiger partial charge < -0.3 is 35.6 Å². The highest BCUT2D eigenvalue weighted by Gasteiger charge is 2.43. The summed E-state index contributed by atoms with van der Waals surface area (Å²) in [5, 5.41) is 28.4. The molecular weight excluding hydrogens is 579 g/mol. The van der Waals surface area contributed by atoms with Crippen LogP contribution in [0.5, 0.6) is 5.75 Å². The largest absolute Gasteiger partial charge is 0.505 e. The number of esters is 1. The van der Waals surface area contributed by atoms with E-state index in [1.807, 2.05) is 0 Å². The van der Waals surface area contributed by atoms with Gasteiger partial charge in [-0.25, -0.2) is 18.7 Å². The lowest BCUT2D eigenvalue weighted by Gasteiger charge is -2.37. The van der Waals surface area contributed by atoms with Gasteiger partial charge in [-0.3, -0.25) is 19.2 Å². The number of cyclic esters (lactones) is 1. The second kappa shape index (κ2) is 12.9. The first kappa shape index (κ1) is 31.6. The molecule has 2 aromatic heterocycles. The van der Waals surface area contributed by atoms with Crippen molar-refractivity contribution in [3.63, 3.8) is 0 Å². The van der Waals surface area contributed by atoms with Crippen LogP contribution in [0.3, 0.4) is 0 Å². The summed E-state index contributed by atoms with van der Waals surface area (Å²) in [5.74, 6) is -10.5. The number of aliphatic hydroxyl groups is 1. The molecule has 0 spiro atoms. The maximum absolute atomic E-state index is 14.8. The molecule has 2 saturated heterocycles. The van der Waals surface area contributed by atoms with Crippen LogP contribution in [0.25, 0.3) is 0 Å². The van der Waals surface area contributed by atoms with Crippen molar-refractivity contribution in [2.24, 2.45) is 5.92 Å². The smallest absolute Gasteiger partial charge is 0.312 e. The summed E-state index contributed by atoms with van der Waals surface area (Å²) < 4.78 is 54.5. The van der Waals surface area contributed by atoms with Crippen LogP contribution < -0.4 is 16.0 Å². The first-order valence-electron chi connectivity index (χ1n) is 13.4. The van der Waals surface area contributed by atoms with E-state index in [4.69, 9.17) is 9.47 Å². The van der Waals surface area contributed by atoms with Gasteiger partial charge in [0.2, 0.25) is 18.0 Å². The van der Waals surface area contributed by atoms with Crippen LogP contribution in [-0.2, 0) is 30.3 Å². The van der Waals surface area contributed by atoms with E-state index in [1.165, 1.54) is 32.2 Å². The predicted molar refractivity (Wildman–Crippen MR) is 139 cm³/mol. The third kappa shape index (κ3) is 6.69. The number of aryl methyl sites for hydroxylation is 1. The summed E-state index contributed by atoms with van der Waals surface area (Å²) in [6.07, 6.45) is -3.54. The lowest BCUT2D eigenvalue weighted by Crippen LogP contribution is -2.63. The number of hydrogen-bond donors (Lipinski definition) is 5. The van der Waals surface area contributed by atoms with Gasteiger partial charge in [0.05, 0.1) is 29.8 Å². The Morgan fingerprint density at radius 1 is 1.14 bits per heavy atom. The molecule has 13 nitrogen and oxygen atoms in total. The van der Waals surface area contributed by atoms with Crippen LogP contribution in [0, 0.1) is 30.4 Å². The van der Waals surface area contributed by atoms with Crippen molar-refractivity contribution in [3.8, 4) is 5.75 Å². The number of hydrogen-bond acceptors (Lipinski definition) is 10. The molecule has 4 rings (SSSR count). The fraction of sp³-hybridized carbons (Fsp3) is 0.481. The Kier molecular flexibility index (Phi) is 9.49. The van der Waals surface area contributed by atoms with Gasteiger partial charge >= 0.3 is 5.97 Å². The summed E-state index contributed by atoms with van der Waals surface area (Å²) in [4.78, 5) is 59.9. The third-order valence-electron chi connectivity index (χ3n) is 7.35. The number of carbonyl (C=O) groups excluding carboxylic acids is 4. The van der Waals surface area contributed by atoms with Gasteiger partial charge in [0.15, 0.2) is 17.3 Å². The number of halogens is 3. The molecule has 4 heterocycles. The van der Waals surface area contributed by atoms with E-state index in [2.05, 4.69) is 25.9 Å². The summed E-state index contributed by atoms with van der Waals surface area (Å²) in [6.45, 7) is 3.86. The van der Waals surface area contributed by atoms with Crippen LogP contribution in [0.1, 0.15) is 42.0 Å². The third-order valence-corrected chi connectivity index (χ3v) is 7.35. The van der Waals surface area contributed by atoms with Crippen molar-refractivity contribution in [1.29, 1.82) is 0 Å². The van der Waals surface area contributed by atoms with Crippen molar-refractivity contribution in [2.75, 3.05) is 6.61 Å². The van der Waals surface area contributed by atoms with E-state index >= 15 is 0 Å². The van der Waals surface area contributed by atoms with Gasteiger partial charge in [-0.1, -0.05) is 0 Å². The zero-order valence-corrected chi connectivity index (χ0v) is 23.3. The van der Waals surface area contributed by atoms with E-state index in [0.717, 1.165) is 6.92 Å². The summed E-state index contributed by atoms with van der Waals surface area (Å²) in [6, 6.07) is -1.99. The molecule has 16 heteroatoms. The number of aliphatic hydroxyl groups excluding tert-OH is 1. The maximum Gasteiger partial charge on any atom is 0.312 e. The fourth-order valence-electron chi connectivity index (χ4n) is 4.67. The quantitative estimate of drug-likeness (QED) is 0.227. The first-order valence-corrected chi connectivity index (χ1v) is 13.4. The number of aromatic hydroxyl groups is 1. The molecule has 0 saturated carbocycles. The number of carbonyl (C=O) groups is 4. The number of ether oxygens (including phenoxy) is 2. The Bertz CT molecular complexity index is 1430. The molecule has 232 valence electrons. The summed E-state index contributed by atoms with van der Waals surface area (Å²) in [7, 11) is 0. The summed E-state index contributed by atoms with van der Waals surface area (Å²) >= 11 is 0. The molecule has 0 radical (unpaired) electrons. The molecule has 0 bridgehead atoms. The molecule has 7 unspecified atom stereocenters. The van der Waals surface area contributed by atoms with Crippen molar-refractivity contribution < 1.29 is 52.0 Å². The molecule has 3 amide bonds. The molecule has 2 aliphatic heterocycles. The molecule has 2 aliphatic rings. The van der Waals surface area contributed by atoms with Gasteiger partial charge in [0.1, 0.15) is 17.9 Å². The zero-order valence-electron chi connectivity index (χ0n) is 23.3. The van der Waals surface area contributed by atoms with Crippen molar-refractivity contribution in [1.82, 2.24) is 25.9 Å². The topological polar surface area (TPSA) is 189 Å². The molecule has 2 fully saturated rings. The van der Waals surface area contributed by atoms with Gasteiger partial charge in [0, 0.05) is 31.2 Å². The second-order valence-corrected chi connectivity index (χ2v) is 10.4. The Hall–Kier alpha value is -4.31. The minimum Gasteiger partial charge on any atom is -0.505 e. The number of pyridine rings is 2. The van der Waals surface area contributed by atoms with Gasteiger partial charge in [0.25, 0.3) is 11.8 Å². The zero-order chi connectivity index (χ0) is 31.6. The van der Waals surface area contributed by atoms with Crippen LogP contribution in [0.4, 0.5) is 13.2 Å². The number of nitrogens with zero attached hydrogens (tertiary/aromatic N) is 2. The fourth-order valence-corrected chi connectivity index (χ4v) is 4.67. The van der Waals surface area contributed by atoms with E-state index in [9.17, 15) is 42.6 Å². The standard InChI is InChI=1S/C27H30F3N5O8/c1-10-21(37)14(9-13-18(29)17(28)11(2)32-23(13)30)34-24(38)19(35-25(39)20-15(36)5-4-7-31-20)12(3)33-26(40)22(43-27(10)41)16-6-8-42-16/h4-5,7,10,12,14,16,19,21-22,36-37H,6,8-9H2,1-3H3,(H,33,40)(H,34,38)(H,35,39). The van der Waals surface area contributed by atoms with Crippen molar-refractivity contribution >= 4 is 23.7 Å². The van der Waals surface area contributed by atoms with E-state index < -0.39 is 113 Å². The van der Waals surface area contributed by atoms with E-state index in [-0.39, 0.29) is 6.61 Å². The number of amides is 3. The molecule has 43 heavy (non-hydrogen) atoms. The number of rotatable bonds is 5.